The zero-order valence-corrected chi connectivity index (χ0v) is 11.7. The van der Waals surface area contributed by atoms with Crippen molar-refractivity contribution in [2.75, 3.05) is 7.11 Å². The molecule has 1 unspecified atom stereocenters. The van der Waals surface area contributed by atoms with Crippen LogP contribution >= 0.6 is 0 Å². The summed E-state index contributed by atoms with van der Waals surface area (Å²) in [5.74, 6) is 0.716. The Bertz CT molecular complexity index is 633. The van der Waals surface area contributed by atoms with Crippen LogP contribution in [-0.2, 0) is 10.3 Å². The quantitative estimate of drug-likeness (QED) is 0.857. The molecule has 0 radical (unpaired) electrons. The summed E-state index contributed by atoms with van der Waals surface area (Å²) in [6, 6.07) is 8.33. The molecule has 1 aliphatic rings. The van der Waals surface area contributed by atoms with Gasteiger partial charge in [0, 0.05) is 12.7 Å². The van der Waals surface area contributed by atoms with Crippen molar-refractivity contribution in [3.63, 3.8) is 0 Å². The van der Waals surface area contributed by atoms with Crippen LogP contribution in [0.1, 0.15) is 36.7 Å². The molecule has 20 heavy (non-hydrogen) atoms. The molecule has 0 aliphatic heterocycles. The highest BCUT2D eigenvalue weighted by molar-refractivity contribution is 5.80. The zero-order chi connectivity index (χ0) is 14.0. The number of fused-ring (bicyclic) bond motifs is 1. The van der Waals surface area contributed by atoms with Gasteiger partial charge in [-0.2, -0.15) is 0 Å². The van der Waals surface area contributed by atoms with Gasteiger partial charge in [-0.1, -0.05) is 37.3 Å². The lowest BCUT2D eigenvalue weighted by molar-refractivity contribution is -0.0171. The van der Waals surface area contributed by atoms with Crippen molar-refractivity contribution in [2.24, 2.45) is 0 Å². The molecule has 1 aliphatic carbocycles. The Hall–Kier alpha value is -2.07. The van der Waals surface area contributed by atoms with Gasteiger partial charge in [-0.3, -0.25) is 0 Å². The minimum atomic E-state index is -0.243. The van der Waals surface area contributed by atoms with Crippen molar-refractivity contribution in [1.82, 2.24) is 15.0 Å². The third-order valence-electron chi connectivity index (χ3n) is 4.04. The number of aromatic nitrogens is 3. The summed E-state index contributed by atoms with van der Waals surface area (Å²) in [5, 5.41) is 0. The first-order chi connectivity index (χ1) is 9.80. The Balaban J connectivity index is 2.16. The third-order valence-corrected chi connectivity index (χ3v) is 4.04. The van der Waals surface area contributed by atoms with Gasteiger partial charge < -0.3 is 4.74 Å². The van der Waals surface area contributed by atoms with Crippen molar-refractivity contribution in [1.29, 1.82) is 0 Å². The van der Waals surface area contributed by atoms with Gasteiger partial charge in [0.05, 0.1) is 5.60 Å². The van der Waals surface area contributed by atoms with Crippen LogP contribution in [0.25, 0.3) is 5.57 Å². The number of nitrogens with zero attached hydrogens (tertiary/aromatic N) is 3. The van der Waals surface area contributed by atoms with Gasteiger partial charge in [0.15, 0.2) is 5.82 Å². The first kappa shape index (κ1) is 12.9. The summed E-state index contributed by atoms with van der Waals surface area (Å²) >= 11 is 0. The molecule has 0 amide bonds. The second-order valence-electron chi connectivity index (χ2n) is 4.88. The lowest BCUT2D eigenvalue weighted by Crippen LogP contribution is -2.30. The van der Waals surface area contributed by atoms with Gasteiger partial charge in [-0.25, -0.2) is 15.0 Å². The van der Waals surface area contributed by atoms with Crippen LogP contribution in [0, 0.1) is 0 Å². The van der Waals surface area contributed by atoms with E-state index >= 15 is 0 Å². The summed E-state index contributed by atoms with van der Waals surface area (Å²) in [5.41, 5.74) is 3.17. The molecule has 3 rings (SSSR count). The van der Waals surface area contributed by atoms with E-state index in [0.29, 0.717) is 5.82 Å². The maximum atomic E-state index is 5.84. The van der Waals surface area contributed by atoms with E-state index < -0.39 is 0 Å². The largest absolute Gasteiger partial charge is 0.373 e. The van der Waals surface area contributed by atoms with Crippen LogP contribution in [0.5, 0.6) is 0 Å². The maximum Gasteiger partial charge on any atom is 0.162 e. The average molecular weight is 267 g/mol. The molecule has 0 bridgehead atoms. The van der Waals surface area contributed by atoms with E-state index in [2.05, 4.69) is 46.2 Å². The molecule has 0 spiro atoms. The molecular formula is C16H17N3O. The minimum Gasteiger partial charge on any atom is -0.373 e. The maximum absolute atomic E-state index is 5.84. The number of benzene rings is 1. The van der Waals surface area contributed by atoms with E-state index in [-0.39, 0.29) is 5.60 Å². The number of ether oxygens (including phenoxy) is 1. The fraction of sp³-hybridized carbons (Fsp3) is 0.312. The average Bonchev–Trinajstić information content (AvgIpc) is 2.55. The van der Waals surface area contributed by atoms with Crippen LogP contribution in [0.3, 0.4) is 0 Å². The summed E-state index contributed by atoms with van der Waals surface area (Å²) in [6.07, 6.45) is 7.00. The van der Waals surface area contributed by atoms with Gasteiger partial charge >= 0.3 is 0 Å². The van der Waals surface area contributed by atoms with E-state index in [1.54, 1.807) is 7.11 Å². The molecule has 0 fully saturated rings. The fourth-order valence-electron chi connectivity index (χ4n) is 2.86. The van der Waals surface area contributed by atoms with E-state index in [1.165, 1.54) is 18.2 Å². The number of hydrogen-bond acceptors (Lipinski definition) is 4. The molecule has 4 heteroatoms. The van der Waals surface area contributed by atoms with Crippen molar-refractivity contribution in [3.05, 3.63) is 59.9 Å². The Morgan fingerprint density at radius 1 is 1.20 bits per heavy atom. The first-order valence-corrected chi connectivity index (χ1v) is 6.78. The van der Waals surface area contributed by atoms with Crippen LogP contribution < -0.4 is 0 Å². The Morgan fingerprint density at radius 2 is 1.95 bits per heavy atom. The van der Waals surface area contributed by atoms with E-state index in [4.69, 9.17) is 4.74 Å². The van der Waals surface area contributed by atoms with Crippen LogP contribution in [-0.4, -0.2) is 22.1 Å². The molecule has 0 saturated heterocycles. The normalized spacial score (nSPS) is 21.2. The molecule has 1 atom stereocenters. The summed E-state index contributed by atoms with van der Waals surface area (Å²) in [6.45, 7) is 2.15. The number of rotatable bonds is 3. The second-order valence-corrected chi connectivity index (χ2v) is 4.88. The molecule has 4 nitrogen and oxygen atoms in total. The number of methoxy groups -OCH3 is 1. The first-order valence-electron chi connectivity index (χ1n) is 6.78. The van der Waals surface area contributed by atoms with Crippen molar-refractivity contribution in [2.45, 2.75) is 25.4 Å². The Morgan fingerprint density at radius 3 is 2.65 bits per heavy atom. The molecule has 2 aromatic rings. The van der Waals surface area contributed by atoms with Crippen molar-refractivity contribution >= 4 is 5.57 Å². The summed E-state index contributed by atoms with van der Waals surface area (Å²) in [7, 11) is 1.78. The highest BCUT2D eigenvalue weighted by Crippen LogP contribution is 2.43. The summed E-state index contributed by atoms with van der Waals surface area (Å²) in [4.78, 5) is 12.4. The van der Waals surface area contributed by atoms with E-state index in [1.807, 2.05) is 6.07 Å². The minimum absolute atomic E-state index is 0.243. The molecule has 1 aromatic carbocycles. The van der Waals surface area contributed by atoms with E-state index in [9.17, 15) is 0 Å². The smallest absolute Gasteiger partial charge is 0.162 e. The fourth-order valence-corrected chi connectivity index (χ4v) is 2.86. The Kier molecular flexibility index (Phi) is 3.32. The van der Waals surface area contributed by atoms with Crippen LogP contribution in [0.4, 0.5) is 0 Å². The molecule has 0 saturated carbocycles. The molecule has 1 heterocycles. The lowest BCUT2D eigenvalue weighted by atomic mass is 9.77. The number of hydrogen-bond donors (Lipinski definition) is 0. The molecular weight excluding hydrogens is 250 g/mol. The standard InChI is InChI=1S/C16H17N3O/c1-3-16(20-2)9-8-13(15-18-10-17-11-19-15)12-6-4-5-7-14(12)16/h4-8,10-11H,3,9H2,1-2H3. The molecule has 102 valence electrons. The van der Waals surface area contributed by atoms with Crippen molar-refractivity contribution in [3.8, 4) is 0 Å². The topological polar surface area (TPSA) is 47.9 Å². The van der Waals surface area contributed by atoms with Gasteiger partial charge in [0.2, 0.25) is 0 Å². The highest BCUT2D eigenvalue weighted by atomic mass is 16.5. The molecule has 1 aromatic heterocycles. The van der Waals surface area contributed by atoms with Gasteiger partial charge in [0.25, 0.3) is 0 Å². The lowest BCUT2D eigenvalue weighted by Gasteiger charge is -2.36. The monoisotopic (exact) mass is 267 g/mol. The van der Waals surface area contributed by atoms with E-state index in [0.717, 1.165) is 24.0 Å². The second kappa shape index (κ2) is 5.13. The van der Waals surface area contributed by atoms with Crippen molar-refractivity contribution < 1.29 is 4.74 Å². The third kappa shape index (κ3) is 1.93. The van der Waals surface area contributed by atoms with Gasteiger partial charge in [-0.15, -0.1) is 0 Å². The van der Waals surface area contributed by atoms with Gasteiger partial charge in [-0.05, 0) is 24.0 Å². The predicted molar refractivity (Wildman–Crippen MR) is 76.9 cm³/mol. The van der Waals surface area contributed by atoms with Crippen LogP contribution in [0.2, 0.25) is 0 Å². The highest BCUT2D eigenvalue weighted by Gasteiger charge is 2.35. The van der Waals surface area contributed by atoms with Crippen LogP contribution in [0.15, 0.2) is 43.0 Å². The predicted octanol–water partition coefficient (Wildman–Crippen LogP) is 2.96. The van der Waals surface area contributed by atoms with Gasteiger partial charge in [0.1, 0.15) is 12.7 Å². The Labute approximate surface area is 118 Å². The summed E-state index contributed by atoms with van der Waals surface area (Å²) < 4.78 is 5.84. The molecule has 0 N–H and O–H groups in total. The SMILES string of the molecule is CCC1(OC)CC=C(c2ncncn2)c2ccccc21. The zero-order valence-electron chi connectivity index (χ0n) is 11.7.